The van der Waals surface area contributed by atoms with E-state index in [0.717, 1.165) is 0 Å². The number of hydrogen-bond donors (Lipinski definition) is 0. The lowest BCUT2D eigenvalue weighted by Gasteiger charge is -2.42. The van der Waals surface area contributed by atoms with Crippen molar-refractivity contribution in [3.63, 3.8) is 0 Å². The van der Waals surface area contributed by atoms with Crippen LogP contribution in [0.3, 0.4) is 0 Å². The van der Waals surface area contributed by atoms with E-state index in [9.17, 15) is 18.5 Å². The summed E-state index contributed by atoms with van der Waals surface area (Å²) in [6, 6.07) is 16.4. The molecule has 0 fully saturated rings. The standard InChI is InChI=1S/C30H32N4O7S/c1-19(28(35)32(2)3)33(4)30(22-10-8-9-11-25(22)40-6)23-16-20(18-31)12-14-24(23)34(29(30)36)42(37,38)27-15-13-21(39-5)17-26(27)41-7/h8-17,19H,1-7H3/t19-,30?/m0/s1. The Morgan fingerprint density at radius 1 is 0.929 bits per heavy atom. The minimum atomic E-state index is -4.63. The van der Waals surface area contributed by atoms with Crippen LogP contribution in [0.2, 0.25) is 0 Å². The van der Waals surface area contributed by atoms with Crippen molar-refractivity contribution < 1.29 is 32.2 Å². The SMILES string of the molecule is COc1ccc(S(=O)(=O)N2C(=O)C(c3ccccc3OC)(N(C)[C@@H](C)C(=O)N(C)C)c3cc(C#N)ccc32)c(OC)c1. The Bertz CT molecular complexity index is 1700. The van der Waals surface area contributed by atoms with Crippen molar-refractivity contribution >= 4 is 27.5 Å². The Balaban J connectivity index is 2.13. The molecule has 12 heteroatoms. The second-order valence-electron chi connectivity index (χ2n) is 9.87. The quantitative estimate of drug-likeness (QED) is 0.368. The predicted molar refractivity (Wildman–Crippen MR) is 155 cm³/mol. The molecule has 2 atom stereocenters. The molecule has 3 aromatic rings. The highest BCUT2D eigenvalue weighted by Crippen LogP contribution is 2.53. The van der Waals surface area contributed by atoms with Crippen molar-refractivity contribution in [2.45, 2.75) is 23.4 Å². The van der Waals surface area contributed by atoms with Crippen LogP contribution in [0.25, 0.3) is 0 Å². The fourth-order valence-corrected chi connectivity index (χ4v) is 6.94. The summed E-state index contributed by atoms with van der Waals surface area (Å²) in [5, 5.41) is 9.81. The molecule has 0 bridgehead atoms. The van der Waals surface area contributed by atoms with Gasteiger partial charge >= 0.3 is 0 Å². The molecule has 0 spiro atoms. The fraction of sp³-hybridized carbons (Fsp3) is 0.300. The zero-order valence-corrected chi connectivity index (χ0v) is 25.2. The van der Waals surface area contributed by atoms with Gasteiger partial charge in [0, 0.05) is 31.3 Å². The number of amides is 2. The van der Waals surface area contributed by atoms with Crippen LogP contribution in [0.4, 0.5) is 5.69 Å². The molecule has 2 amide bonds. The zero-order chi connectivity index (χ0) is 31.0. The van der Waals surface area contributed by atoms with Crippen molar-refractivity contribution in [3.05, 3.63) is 77.4 Å². The zero-order valence-electron chi connectivity index (χ0n) is 24.4. The van der Waals surface area contributed by atoms with Crippen LogP contribution in [0.15, 0.2) is 65.6 Å². The van der Waals surface area contributed by atoms with Gasteiger partial charge in [-0.1, -0.05) is 18.2 Å². The molecule has 4 rings (SSSR count). The third-order valence-corrected chi connectivity index (χ3v) is 9.26. The van der Waals surface area contributed by atoms with Crippen LogP contribution in [-0.4, -0.2) is 78.5 Å². The molecule has 42 heavy (non-hydrogen) atoms. The van der Waals surface area contributed by atoms with Crippen molar-refractivity contribution in [2.24, 2.45) is 0 Å². The smallest absolute Gasteiger partial charge is 0.274 e. The third-order valence-electron chi connectivity index (χ3n) is 7.52. The van der Waals surface area contributed by atoms with Gasteiger partial charge in [-0.25, -0.2) is 12.7 Å². The summed E-state index contributed by atoms with van der Waals surface area (Å²) < 4.78 is 45.9. The first-order valence-electron chi connectivity index (χ1n) is 12.9. The van der Waals surface area contributed by atoms with Gasteiger partial charge in [0.2, 0.25) is 5.91 Å². The first-order chi connectivity index (χ1) is 19.9. The molecule has 3 aromatic carbocycles. The normalized spacial score (nSPS) is 16.9. The summed E-state index contributed by atoms with van der Waals surface area (Å²) in [6.45, 7) is 1.63. The van der Waals surface area contributed by atoms with E-state index in [1.807, 2.05) is 0 Å². The second kappa shape index (κ2) is 11.3. The number of anilines is 1. The molecule has 0 saturated carbocycles. The van der Waals surface area contributed by atoms with E-state index in [2.05, 4.69) is 6.07 Å². The van der Waals surface area contributed by atoms with E-state index >= 15 is 4.79 Å². The first kappa shape index (κ1) is 30.4. The molecule has 0 saturated heterocycles. The van der Waals surface area contributed by atoms with E-state index in [-0.39, 0.29) is 39.1 Å². The van der Waals surface area contributed by atoms with Crippen molar-refractivity contribution in [1.82, 2.24) is 9.80 Å². The Morgan fingerprint density at radius 2 is 1.60 bits per heavy atom. The number of para-hydroxylation sites is 1. The van der Waals surface area contributed by atoms with E-state index < -0.39 is 27.5 Å². The number of rotatable bonds is 9. The summed E-state index contributed by atoms with van der Waals surface area (Å²) in [6.07, 6.45) is 0. The summed E-state index contributed by atoms with van der Waals surface area (Å²) in [5.41, 5.74) is -1.17. The molecular formula is C30H32N4O7S. The van der Waals surface area contributed by atoms with Crippen molar-refractivity contribution in [2.75, 3.05) is 46.8 Å². The van der Waals surface area contributed by atoms with Crippen LogP contribution >= 0.6 is 0 Å². The van der Waals surface area contributed by atoms with Gasteiger partial charge < -0.3 is 19.1 Å². The fourth-order valence-electron chi connectivity index (χ4n) is 5.33. The number of likely N-dealkylation sites (N-methyl/N-ethyl adjacent to an activating group) is 2. The summed E-state index contributed by atoms with van der Waals surface area (Å²) in [5.74, 6) is -0.586. The number of carbonyl (C=O) groups is 2. The number of hydrogen-bond acceptors (Lipinski definition) is 9. The Kier molecular flexibility index (Phi) is 8.20. The van der Waals surface area contributed by atoms with E-state index in [4.69, 9.17) is 14.2 Å². The second-order valence-corrected chi connectivity index (χ2v) is 11.6. The maximum Gasteiger partial charge on any atom is 0.274 e. The van der Waals surface area contributed by atoms with E-state index in [1.54, 1.807) is 52.3 Å². The first-order valence-corrected chi connectivity index (χ1v) is 14.3. The largest absolute Gasteiger partial charge is 0.497 e. The molecule has 0 aromatic heterocycles. The molecule has 0 N–H and O–H groups in total. The van der Waals surface area contributed by atoms with Gasteiger partial charge in [-0.15, -0.1) is 0 Å². The van der Waals surface area contributed by atoms with Crippen LogP contribution < -0.4 is 18.5 Å². The highest BCUT2D eigenvalue weighted by Gasteiger charge is 2.61. The van der Waals surface area contributed by atoms with E-state index in [1.165, 1.54) is 67.5 Å². The molecule has 0 radical (unpaired) electrons. The minimum absolute atomic E-state index is 0.0270. The van der Waals surface area contributed by atoms with Crippen molar-refractivity contribution in [1.29, 1.82) is 5.26 Å². The van der Waals surface area contributed by atoms with Gasteiger partial charge in [-0.05, 0) is 50.4 Å². The lowest BCUT2D eigenvalue weighted by Crippen LogP contribution is -2.59. The van der Waals surface area contributed by atoms with Crippen molar-refractivity contribution in [3.8, 4) is 23.3 Å². The number of ether oxygens (including phenoxy) is 3. The Morgan fingerprint density at radius 3 is 2.19 bits per heavy atom. The Hall–Kier alpha value is -4.60. The molecule has 11 nitrogen and oxygen atoms in total. The average molecular weight is 593 g/mol. The monoisotopic (exact) mass is 592 g/mol. The number of nitrogens with zero attached hydrogens (tertiary/aromatic N) is 4. The third kappa shape index (κ3) is 4.51. The molecule has 1 unspecified atom stereocenters. The number of benzene rings is 3. The number of methoxy groups -OCH3 is 3. The molecular weight excluding hydrogens is 560 g/mol. The maximum absolute atomic E-state index is 15.0. The van der Waals surface area contributed by atoms with Crippen LogP contribution in [0.1, 0.15) is 23.6 Å². The minimum Gasteiger partial charge on any atom is -0.497 e. The van der Waals surface area contributed by atoms with Crippen LogP contribution in [-0.2, 0) is 25.2 Å². The summed E-state index contributed by atoms with van der Waals surface area (Å²) in [7, 11) is 4.31. The average Bonchev–Trinajstić information content (AvgIpc) is 3.27. The lowest BCUT2D eigenvalue weighted by atomic mass is 9.80. The summed E-state index contributed by atoms with van der Waals surface area (Å²) in [4.78, 5) is 30.9. The van der Waals surface area contributed by atoms with Crippen LogP contribution in [0, 0.1) is 11.3 Å². The Labute approximate surface area is 245 Å². The molecule has 0 aliphatic carbocycles. The number of nitriles is 1. The lowest BCUT2D eigenvalue weighted by molar-refractivity contribution is -0.138. The van der Waals surface area contributed by atoms with Crippen LogP contribution in [0.5, 0.6) is 17.2 Å². The van der Waals surface area contributed by atoms with Gasteiger partial charge in [0.25, 0.3) is 15.9 Å². The van der Waals surface area contributed by atoms with Gasteiger partial charge in [0.1, 0.15) is 22.1 Å². The van der Waals surface area contributed by atoms with Gasteiger partial charge in [0.15, 0.2) is 5.54 Å². The molecule has 1 heterocycles. The maximum atomic E-state index is 15.0. The number of carbonyl (C=O) groups excluding carboxylic acids is 2. The predicted octanol–water partition coefficient (Wildman–Crippen LogP) is 2.97. The highest BCUT2D eigenvalue weighted by molar-refractivity contribution is 7.93. The highest BCUT2D eigenvalue weighted by atomic mass is 32.2. The number of fused-ring (bicyclic) bond motifs is 1. The molecule has 1 aliphatic rings. The number of sulfonamides is 1. The van der Waals surface area contributed by atoms with Gasteiger partial charge in [-0.3, -0.25) is 14.5 Å². The van der Waals surface area contributed by atoms with Gasteiger partial charge in [0.05, 0.1) is 44.7 Å². The molecule has 220 valence electrons. The summed E-state index contributed by atoms with van der Waals surface area (Å²) >= 11 is 0. The molecule has 1 aliphatic heterocycles. The topological polar surface area (TPSA) is 129 Å². The van der Waals surface area contributed by atoms with E-state index in [0.29, 0.717) is 15.6 Å². The van der Waals surface area contributed by atoms with Gasteiger partial charge in [-0.2, -0.15) is 5.26 Å².